The number of piperidine rings is 1. The van der Waals surface area contributed by atoms with E-state index in [1.165, 1.54) is 0 Å². The quantitative estimate of drug-likeness (QED) is 0.103. The molecule has 2 aliphatic heterocycles. The lowest BCUT2D eigenvalue weighted by atomic mass is 9.99. The minimum atomic E-state index is -0.973. The molecule has 0 bridgehead atoms. The van der Waals surface area contributed by atoms with Gasteiger partial charge in [-0.15, -0.1) is 0 Å². The van der Waals surface area contributed by atoms with Crippen LogP contribution in [-0.4, -0.2) is 46.3 Å². The van der Waals surface area contributed by atoms with Crippen LogP contribution in [0.4, 0.5) is 11.4 Å². The minimum absolute atomic E-state index is 0.0902. The van der Waals surface area contributed by atoms with Gasteiger partial charge in [0.1, 0.15) is 11.8 Å². The number of rotatable bonds is 11. The molecule has 1 unspecified atom stereocenters. The summed E-state index contributed by atoms with van der Waals surface area (Å²) in [6.45, 7) is 14.5. The third-order valence-electron chi connectivity index (χ3n) is 10.3. The van der Waals surface area contributed by atoms with Crippen molar-refractivity contribution in [3.8, 4) is 11.1 Å². The van der Waals surface area contributed by atoms with Gasteiger partial charge in [-0.2, -0.15) is 0 Å². The maximum atomic E-state index is 13.3. The van der Waals surface area contributed by atoms with Crippen molar-refractivity contribution in [2.24, 2.45) is 0 Å². The number of carbonyl (C=O) groups is 4. The third kappa shape index (κ3) is 5.98. The predicted molar refractivity (Wildman–Crippen MR) is 188 cm³/mol. The van der Waals surface area contributed by atoms with Crippen LogP contribution in [0.25, 0.3) is 16.0 Å². The topological polar surface area (TPSA) is 117 Å². The van der Waals surface area contributed by atoms with E-state index in [9.17, 15) is 19.2 Å². The van der Waals surface area contributed by atoms with Gasteiger partial charge < -0.3 is 14.3 Å². The molecule has 0 spiro atoms. The number of amides is 4. The summed E-state index contributed by atoms with van der Waals surface area (Å²) in [5.74, 6) is -1.20. The maximum Gasteiger partial charge on any atom is 0.262 e. The third-order valence-corrected chi connectivity index (χ3v) is 10.3. The first-order chi connectivity index (χ1) is 24.1. The first kappa shape index (κ1) is 33.0. The summed E-state index contributed by atoms with van der Waals surface area (Å²) in [5, 5.41) is 6.41. The van der Waals surface area contributed by atoms with Gasteiger partial charge in [0, 0.05) is 48.3 Å². The number of unbranched alkanes of at least 4 members (excludes halogenated alkanes) is 2. The van der Waals surface area contributed by atoms with E-state index in [4.69, 9.17) is 11.1 Å². The number of aromatic nitrogens is 1. The molecule has 3 heterocycles. The number of fused-ring (bicyclic) bond motifs is 1. The molecule has 2 fully saturated rings. The number of carbonyl (C=O) groups excluding carboxylic acids is 4. The molecule has 10 heteroatoms. The van der Waals surface area contributed by atoms with E-state index in [1.54, 1.807) is 12.1 Å². The fourth-order valence-electron chi connectivity index (χ4n) is 7.32. The lowest BCUT2D eigenvalue weighted by molar-refractivity contribution is -0.136. The first-order valence-corrected chi connectivity index (χ1v) is 17.3. The predicted octanol–water partition coefficient (Wildman–Crippen LogP) is 7.13. The molecule has 7 rings (SSSR count). The molecule has 1 N–H and O–H groups in total. The average Bonchev–Trinajstić information content (AvgIpc) is 3.79. The normalized spacial score (nSPS) is 17.8. The van der Waals surface area contributed by atoms with Gasteiger partial charge in [-0.3, -0.25) is 29.4 Å². The van der Waals surface area contributed by atoms with Crippen molar-refractivity contribution in [3.05, 3.63) is 111 Å². The van der Waals surface area contributed by atoms with Gasteiger partial charge in [-0.05, 0) is 106 Å². The highest BCUT2D eigenvalue weighted by atomic mass is 16.5. The smallest absolute Gasteiger partial charge is 0.262 e. The lowest BCUT2D eigenvalue weighted by Gasteiger charge is -2.28. The molecule has 254 valence electrons. The molecule has 4 amide bonds. The van der Waals surface area contributed by atoms with Crippen molar-refractivity contribution in [1.29, 1.82) is 0 Å². The Balaban J connectivity index is 1.05. The summed E-state index contributed by atoms with van der Waals surface area (Å²) in [6.07, 6.45) is 5.51. The highest BCUT2D eigenvalue weighted by Gasteiger charge is 2.52. The van der Waals surface area contributed by atoms with Gasteiger partial charge in [0.2, 0.25) is 11.8 Å². The van der Waals surface area contributed by atoms with Gasteiger partial charge in [0.15, 0.2) is 0 Å². The summed E-state index contributed by atoms with van der Waals surface area (Å²) in [5.41, 5.74) is 8.50. The highest BCUT2D eigenvalue weighted by Crippen LogP contribution is 2.50. The number of anilines is 2. The van der Waals surface area contributed by atoms with E-state index in [0.717, 1.165) is 101 Å². The second kappa shape index (κ2) is 13.0. The van der Waals surface area contributed by atoms with Crippen LogP contribution in [-0.2, 0) is 21.5 Å². The Labute approximate surface area is 291 Å². The zero-order chi connectivity index (χ0) is 35.2. The molecule has 3 aliphatic rings. The summed E-state index contributed by atoms with van der Waals surface area (Å²) >= 11 is 0. The minimum Gasteiger partial charge on any atom is -0.361 e. The molecule has 1 saturated carbocycles. The molecule has 50 heavy (non-hydrogen) atoms. The second-order valence-electron chi connectivity index (χ2n) is 13.7. The van der Waals surface area contributed by atoms with Crippen LogP contribution in [0.15, 0.2) is 65.2 Å². The van der Waals surface area contributed by atoms with Crippen LogP contribution >= 0.6 is 0 Å². The molecule has 1 aromatic heterocycles. The number of nitrogens with zero attached hydrogens (tertiary/aromatic N) is 4. The van der Waals surface area contributed by atoms with Crippen molar-refractivity contribution < 1.29 is 23.7 Å². The molecule has 0 radical (unpaired) electrons. The molecular formula is C40H39N5O5. The van der Waals surface area contributed by atoms with Crippen LogP contribution in [0.2, 0.25) is 0 Å². The van der Waals surface area contributed by atoms with E-state index in [0.29, 0.717) is 11.1 Å². The number of imide groups is 2. The Morgan fingerprint density at radius 2 is 1.70 bits per heavy atom. The fraction of sp³-hybridized carbons (Fsp3) is 0.350. The maximum absolute atomic E-state index is 13.3. The Kier molecular flexibility index (Phi) is 8.60. The van der Waals surface area contributed by atoms with Gasteiger partial charge in [-0.1, -0.05) is 29.8 Å². The molecule has 4 aromatic rings. The zero-order valence-corrected chi connectivity index (χ0v) is 28.5. The Bertz CT molecular complexity index is 2050. The van der Waals surface area contributed by atoms with Gasteiger partial charge in [0.05, 0.1) is 16.8 Å². The Hall–Kier alpha value is -5.56. The van der Waals surface area contributed by atoms with E-state index in [2.05, 4.69) is 69.6 Å². The molecule has 1 atom stereocenters. The molecule has 10 nitrogen and oxygen atoms in total. The zero-order valence-electron chi connectivity index (χ0n) is 28.5. The van der Waals surface area contributed by atoms with Gasteiger partial charge in [-0.25, -0.2) is 6.57 Å². The number of hydrogen-bond acceptors (Lipinski definition) is 7. The van der Waals surface area contributed by atoms with E-state index in [1.807, 2.05) is 19.9 Å². The number of nitrogens with one attached hydrogen (secondary N) is 1. The van der Waals surface area contributed by atoms with Crippen molar-refractivity contribution in [2.45, 2.75) is 83.7 Å². The molecule has 1 aliphatic carbocycles. The van der Waals surface area contributed by atoms with Crippen molar-refractivity contribution in [1.82, 2.24) is 15.4 Å². The largest absolute Gasteiger partial charge is 0.361 e. The number of aryl methyl sites for hydroxylation is 4. The van der Waals surface area contributed by atoms with E-state index >= 15 is 0 Å². The van der Waals surface area contributed by atoms with Crippen LogP contribution in [0.3, 0.4) is 0 Å². The Morgan fingerprint density at radius 3 is 2.38 bits per heavy atom. The first-order valence-electron chi connectivity index (χ1n) is 17.3. The molecule has 3 aromatic carbocycles. The average molecular weight is 670 g/mol. The highest BCUT2D eigenvalue weighted by molar-refractivity contribution is 6.23. The van der Waals surface area contributed by atoms with Crippen LogP contribution in [0, 0.1) is 27.3 Å². The standard InChI is InChI=1S/C40H39N5O5/c1-24-9-11-28(36-25(2)43-50-26(36)3)23-34(24)44(30-14-12-29(13-15-30)40(41-4)19-20-40)21-7-5-6-8-27-10-16-31-32(22-27)39(49)45(38(31)48)33-17-18-35(46)42-37(33)47/h9-16,22-23,33H,5-8,17-21H2,1-3H3,(H,42,46,47). The number of benzene rings is 3. The summed E-state index contributed by atoms with van der Waals surface area (Å²) in [7, 11) is 0. The second-order valence-corrected chi connectivity index (χ2v) is 13.7. The summed E-state index contributed by atoms with van der Waals surface area (Å²) < 4.78 is 5.48. The van der Waals surface area contributed by atoms with Crippen molar-refractivity contribution in [3.63, 3.8) is 0 Å². The van der Waals surface area contributed by atoms with E-state index in [-0.39, 0.29) is 18.4 Å². The van der Waals surface area contributed by atoms with Gasteiger partial charge in [0.25, 0.3) is 17.4 Å². The molecular weight excluding hydrogens is 630 g/mol. The number of hydrogen-bond donors (Lipinski definition) is 1. The monoisotopic (exact) mass is 669 g/mol. The fourth-order valence-corrected chi connectivity index (χ4v) is 7.32. The van der Waals surface area contributed by atoms with Gasteiger partial charge >= 0.3 is 0 Å². The van der Waals surface area contributed by atoms with Crippen LogP contribution < -0.4 is 10.2 Å². The summed E-state index contributed by atoms with van der Waals surface area (Å²) in [4.78, 5) is 57.7. The van der Waals surface area contributed by atoms with Crippen LogP contribution in [0.1, 0.15) is 93.8 Å². The molecule has 1 saturated heterocycles. The van der Waals surface area contributed by atoms with Crippen molar-refractivity contribution in [2.75, 3.05) is 11.4 Å². The van der Waals surface area contributed by atoms with Crippen molar-refractivity contribution >= 4 is 35.0 Å². The van der Waals surface area contributed by atoms with E-state index < -0.39 is 29.7 Å². The Morgan fingerprint density at radius 1 is 0.940 bits per heavy atom. The SMILES string of the molecule is [C-]#[N+]C1(c2ccc(N(CCCCCc3ccc4c(c3)C(=O)N(C3CCC(=O)NC3=O)C4=O)c3cc(-c4c(C)noc4C)ccc3C)cc2)CC1. The lowest BCUT2D eigenvalue weighted by Crippen LogP contribution is -2.54. The summed E-state index contributed by atoms with van der Waals surface area (Å²) in [6, 6.07) is 19.3. The van der Waals surface area contributed by atoms with Crippen LogP contribution in [0.5, 0.6) is 0 Å².